The Kier molecular flexibility index (Phi) is 6.93. The average Bonchev–Trinajstić information content (AvgIpc) is 3.79. The molecule has 0 fully saturated rings. The van der Waals surface area contributed by atoms with E-state index in [-0.39, 0.29) is 5.41 Å². The lowest BCUT2D eigenvalue weighted by Crippen LogP contribution is -2.28. The van der Waals surface area contributed by atoms with Crippen LogP contribution in [0, 0.1) is 0 Å². The summed E-state index contributed by atoms with van der Waals surface area (Å²) in [4.78, 5) is 18.0. The highest BCUT2D eigenvalue weighted by molar-refractivity contribution is 6.21. The molecule has 0 atom stereocenters. The van der Waals surface area contributed by atoms with Crippen LogP contribution in [0.1, 0.15) is 38.8 Å². The SMILES string of the molecule is CC.CC1(C)c2c(cc3c4c2c2ccccc2n4-c2ccccc2N3c2nc(-c3ccccc3)nc(-c3ccccc3)n2)-n2c3ccccc3c3cccc1c32. The van der Waals surface area contributed by atoms with E-state index in [0.29, 0.717) is 17.6 Å². The highest BCUT2D eigenvalue weighted by Gasteiger charge is 2.41. The van der Waals surface area contributed by atoms with Crippen LogP contribution in [-0.2, 0) is 5.41 Å². The van der Waals surface area contributed by atoms with Crippen molar-refractivity contribution >= 4 is 60.9 Å². The molecule has 6 nitrogen and oxygen atoms in total. The molecular weight excluding hydrogens is 685 g/mol. The van der Waals surface area contributed by atoms with E-state index in [4.69, 9.17) is 15.0 Å². The zero-order valence-electron chi connectivity index (χ0n) is 31.7. The molecule has 2 aliphatic heterocycles. The van der Waals surface area contributed by atoms with Crippen LogP contribution in [-0.4, -0.2) is 24.1 Å². The molecule has 3 aromatic heterocycles. The minimum Gasteiger partial charge on any atom is -0.309 e. The van der Waals surface area contributed by atoms with Crippen LogP contribution in [0.15, 0.2) is 158 Å². The van der Waals surface area contributed by atoms with E-state index in [1.165, 1.54) is 54.9 Å². The molecule has 12 rings (SSSR count). The van der Waals surface area contributed by atoms with Crippen molar-refractivity contribution in [3.05, 3.63) is 169 Å². The second-order valence-corrected chi connectivity index (χ2v) is 14.9. The number of rotatable bonds is 3. The third kappa shape index (κ3) is 4.29. The van der Waals surface area contributed by atoms with Gasteiger partial charge in [0.1, 0.15) is 0 Å². The van der Waals surface area contributed by atoms with Crippen LogP contribution in [0.4, 0.5) is 17.3 Å². The molecular formula is C50H38N6. The Bertz CT molecular complexity index is 3130. The number of anilines is 3. The Balaban J connectivity index is 0.00000179. The summed E-state index contributed by atoms with van der Waals surface area (Å²) < 4.78 is 4.98. The number of aromatic nitrogens is 5. The second kappa shape index (κ2) is 12.0. The summed E-state index contributed by atoms with van der Waals surface area (Å²) in [5, 5.41) is 5.02. The van der Waals surface area contributed by atoms with Gasteiger partial charge < -0.3 is 9.13 Å². The predicted octanol–water partition coefficient (Wildman–Crippen LogP) is 12.8. The molecule has 0 aliphatic carbocycles. The quantitative estimate of drug-likeness (QED) is 0.182. The predicted molar refractivity (Wildman–Crippen MR) is 231 cm³/mol. The van der Waals surface area contributed by atoms with Crippen molar-refractivity contribution in [3.8, 4) is 34.2 Å². The van der Waals surface area contributed by atoms with E-state index in [0.717, 1.165) is 33.7 Å². The molecule has 0 unspecified atom stereocenters. The Hall–Kier alpha value is -7.05. The first-order chi connectivity index (χ1) is 27.6. The zero-order chi connectivity index (χ0) is 37.7. The molecule has 5 heterocycles. The normalized spacial score (nSPS) is 13.5. The summed E-state index contributed by atoms with van der Waals surface area (Å²) in [6, 6.07) is 56.0. The van der Waals surface area contributed by atoms with Crippen molar-refractivity contribution in [3.63, 3.8) is 0 Å². The minimum atomic E-state index is -0.303. The van der Waals surface area contributed by atoms with E-state index in [9.17, 15) is 0 Å². The highest BCUT2D eigenvalue weighted by atomic mass is 15.3. The number of benzene rings is 7. The van der Waals surface area contributed by atoms with Gasteiger partial charge in [-0.05, 0) is 41.5 Å². The number of fused-ring (bicyclic) bond motifs is 11. The van der Waals surface area contributed by atoms with Gasteiger partial charge in [-0.25, -0.2) is 4.98 Å². The van der Waals surface area contributed by atoms with Gasteiger partial charge in [0.2, 0.25) is 5.95 Å². The van der Waals surface area contributed by atoms with Crippen LogP contribution >= 0.6 is 0 Å². The van der Waals surface area contributed by atoms with Crippen molar-refractivity contribution < 1.29 is 0 Å². The van der Waals surface area contributed by atoms with Gasteiger partial charge in [-0.2, -0.15) is 9.97 Å². The lowest BCUT2D eigenvalue weighted by molar-refractivity contribution is 0.637. The molecule has 2 aliphatic rings. The van der Waals surface area contributed by atoms with Crippen LogP contribution < -0.4 is 4.90 Å². The van der Waals surface area contributed by atoms with Crippen LogP contribution in [0.25, 0.3) is 77.8 Å². The summed E-state index contributed by atoms with van der Waals surface area (Å²) in [5.74, 6) is 1.83. The van der Waals surface area contributed by atoms with Crippen molar-refractivity contribution in [1.29, 1.82) is 0 Å². The van der Waals surface area contributed by atoms with E-state index >= 15 is 0 Å². The van der Waals surface area contributed by atoms with Crippen molar-refractivity contribution in [2.45, 2.75) is 33.1 Å². The van der Waals surface area contributed by atoms with E-state index in [1.54, 1.807) is 0 Å². The first kappa shape index (κ1) is 32.4. The van der Waals surface area contributed by atoms with Crippen LogP contribution in [0.5, 0.6) is 0 Å². The highest BCUT2D eigenvalue weighted by Crippen LogP contribution is 2.57. The molecule has 0 bridgehead atoms. The molecule has 0 radical (unpaired) electrons. The fourth-order valence-corrected chi connectivity index (χ4v) is 9.36. The Labute approximate surface area is 325 Å². The average molecular weight is 723 g/mol. The van der Waals surface area contributed by atoms with E-state index < -0.39 is 0 Å². The minimum absolute atomic E-state index is 0.303. The molecule has 0 spiro atoms. The van der Waals surface area contributed by atoms with Crippen LogP contribution in [0.2, 0.25) is 0 Å². The monoisotopic (exact) mass is 722 g/mol. The Morgan fingerprint density at radius 1 is 0.446 bits per heavy atom. The number of para-hydroxylation sites is 5. The smallest absolute Gasteiger partial charge is 0.238 e. The molecule has 0 amide bonds. The maximum absolute atomic E-state index is 5.31. The molecule has 7 aromatic carbocycles. The maximum atomic E-state index is 5.31. The fraction of sp³-hybridized carbons (Fsp3) is 0.100. The molecule has 268 valence electrons. The van der Waals surface area contributed by atoms with Gasteiger partial charge in [0.15, 0.2) is 11.6 Å². The van der Waals surface area contributed by atoms with E-state index in [1.807, 2.05) is 50.2 Å². The lowest BCUT2D eigenvalue weighted by Gasteiger charge is -2.38. The zero-order valence-corrected chi connectivity index (χ0v) is 31.7. The molecule has 0 N–H and O–H groups in total. The van der Waals surface area contributed by atoms with Gasteiger partial charge in [0, 0.05) is 38.1 Å². The molecule has 6 heteroatoms. The van der Waals surface area contributed by atoms with Gasteiger partial charge in [0.25, 0.3) is 0 Å². The first-order valence-corrected chi connectivity index (χ1v) is 19.5. The molecule has 0 saturated heterocycles. The van der Waals surface area contributed by atoms with Gasteiger partial charge >= 0.3 is 0 Å². The summed E-state index contributed by atoms with van der Waals surface area (Å²) in [6.07, 6.45) is 0. The van der Waals surface area contributed by atoms with Crippen molar-refractivity contribution in [1.82, 2.24) is 24.1 Å². The van der Waals surface area contributed by atoms with Gasteiger partial charge in [-0.1, -0.05) is 155 Å². The Morgan fingerprint density at radius 2 is 0.982 bits per heavy atom. The second-order valence-electron chi connectivity index (χ2n) is 14.9. The van der Waals surface area contributed by atoms with Gasteiger partial charge in [-0.15, -0.1) is 0 Å². The first-order valence-electron chi connectivity index (χ1n) is 19.5. The standard InChI is InChI=1S/C48H32N6.C2H6/c1-48(2)34-23-15-22-32-31-20-9-11-24-35(31)53(43(32)34)39-28-40-44-41(42(39)48)33-21-10-12-25-36(33)52(44)37-26-13-14-27-38(37)54(40)47-50-45(29-16-5-3-6-17-29)49-46(51-47)30-18-7-4-8-19-30;1-2/h3-28H,1-2H3;1-2H3. The topological polar surface area (TPSA) is 51.8 Å². The van der Waals surface area contributed by atoms with Gasteiger partial charge in [-0.3, -0.25) is 4.90 Å². The summed E-state index contributed by atoms with van der Waals surface area (Å²) >= 11 is 0. The number of nitrogens with zero attached hydrogens (tertiary/aromatic N) is 6. The van der Waals surface area contributed by atoms with Crippen LogP contribution in [0.3, 0.4) is 0 Å². The maximum Gasteiger partial charge on any atom is 0.238 e. The summed E-state index contributed by atoms with van der Waals surface area (Å²) in [6.45, 7) is 8.80. The molecule has 10 aromatic rings. The number of hydrogen-bond acceptors (Lipinski definition) is 4. The van der Waals surface area contributed by atoms with Crippen molar-refractivity contribution in [2.24, 2.45) is 0 Å². The lowest BCUT2D eigenvalue weighted by atomic mass is 9.73. The number of hydrogen-bond donors (Lipinski definition) is 0. The third-order valence-electron chi connectivity index (χ3n) is 11.6. The van der Waals surface area contributed by atoms with Crippen molar-refractivity contribution in [2.75, 3.05) is 4.90 Å². The fourth-order valence-electron chi connectivity index (χ4n) is 9.36. The molecule has 0 saturated carbocycles. The Morgan fingerprint density at radius 3 is 1.66 bits per heavy atom. The summed E-state index contributed by atoms with van der Waals surface area (Å²) in [7, 11) is 0. The van der Waals surface area contributed by atoms with E-state index in [2.05, 4.69) is 149 Å². The summed E-state index contributed by atoms with van der Waals surface area (Å²) in [5.41, 5.74) is 13.3. The van der Waals surface area contributed by atoms with Gasteiger partial charge in [0.05, 0.1) is 44.8 Å². The largest absolute Gasteiger partial charge is 0.309 e. The molecule has 56 heavy (non-hydrogen) atoms. The third-order valence-corrected chi connectivity index (χ3v) is 11.6.